The van der Waals surface area contributed by atoms with Crippen molar-refractivity contribution in [1.82, 2.24) is 21.3 Å². The summed E-state index contributed by atoms with van der Waals surface area (Å²) in [4.78, 5) is 66.3. The summed E-state index contributed by atoms with van der Waals surface area (Å²) in [5.41, 5.74) is 1.41. The highest BCUT2D eigenvalue weighted by Crippen LogP contribution is 2.30. The number of guanidine groups is 1. The number of nitrogens with one attached hydrogen (secondary N) is 4. The Balaban J connectivity index is 1.70. The molecule has 0 unspecified atom stereocenters. The molecule has 0 saturated carbocycles. The van der Waals surface area contributed by atoms with E-state index in [4.69, 9.17) is 9.47 Å². The summed E-state index contributed by atoms with van der Waals surface area (Å²) in [6.07, 6.45) is -1.64. The fourth-order valence-electron chi connectivity index (χ4n) is 4.06. The monoisotopic (exact) mass is 643 g/mol. The quantitative estimate of drug-likeness (QED) is 0.105. The Hall–Kier alpha value is -5.52. The average Bonchev–Trinajstić information content (AvgIpc) is 2.97. The van der Waals surface area contributed by atoms with Crippen molar-refractivity contribution < 1.29 is 33.4 Å². The molecule has 0 aromatic heterocycles. The molecule has 3 rings (SSSR count). The minimum atomic E-state index is -0.818. The maximum Gasteiger partial charge on any atom is 0.414 e. The molecule has 0 fully saturated rings. The van der Waals surface area contributed by atoms with E-state index < -0.39 is 23.4 Å². The van der Waals surface area contributed by atoms with Gasteiger partial charge in [-0.3, -0.25) is 25.0 Å². The largest absolute Gasteiger partial charge is 0.444 e. The molecule has 0 aliphatic heterocycles. The first-order valence-electron chi connectivity index (χ1n) is 15.0. The molecule has 3 aromatic rings. The highest BCUT2D eigenvalue weighted by Gasteiger charge is 2.22. The van der Waals surface area contributed by atoms with Gasteiger partial charge in [-0.2, -0.15) is 0 Å². The second-order valence-corrected chi connectivity index (χ2v) is 12.5. The third kappa shape index (κ3) is 12.1. The van der Waals surface area contributed by atoms with E-state index in [1.54, 1.807) is 102 Å². The van der Waals surface area contributed by atoms with Crippen molar-refractivity contribution in [3.05, 3.63) is 89.5 Å². The molecular weight excluding hydrogens is 602 g/mol. The Morgan fingerprint density at radius 2 is 1.15 bits per heavy atom. The molecule has 12 heteroatoms. The molecular formula is C35H41N5O7. The van der Waals surface area contributed by atoms with Gasteiger partial charge in [0.15, 0.2) is 5.78 Å². The minimum Gasteiger partial charge on any atom is -0.444 e. The van der Waals surface area contributed by atoms with E-state index in [1.165, 1.54) is 13.0 Å². The Morgan fingerprint density at radius 3 is 1.68 bits per heavy atom. The van der Waals surface area contributed by atoms with Crippen molar-refractivity contribution in [3.8, 4) is 11.1 Å². The second kappa shape index (κ2) is 15.7. The molecule has 4 amide bonds. The number of benzene rings is 3. The summed E-state index contributed by atoms with van der Waals surface area (Å²) in [7, 11) is 0. The topological polar surface area (TPSA) is 164 Å². The lowest BCUT2D eigenvalue weighted by atomic mass is 10.0. The first kappa shape index (κ1) is 36.0. The van der Waals surface area contributed by atoms with Gasteiger partial charge in [0.05, 0.1) is 5.69 Å². The first-order valence-corrected chi connectivity index (χ1v) is 15.0. The van der Waals surface area contributed by atoms with E-state index in [0.717, 1.165) is 5.56 Å². The number of hydrogen-bond acceptors (Lipinski definition) is 8. The Bertz CT molecular complexity index is 1620. The van der Waals surface area contributed by atoms with E-state index in [-0.39, 0.29) is 36.6 Å². The van der Waals surface area contributed by atoms with E-state index in [0.29, 0.717) is 27.9 Å². The summed E-state index contributed by atoms with van der Waals surface area (Å²) < 4.78 is 10.7. The molecule has 0 heterocycles. The van der Waals surface area contributed by atoms with Crippen LogP contribution in [-0.4, -0.2) is 60.0 Å². The maximum absolute atomic E-state index is 12.8. The molecule has 0 aliphatic rings. The highest BCUT2D eigenvalue weighted by atomic mass is 16.6. The minimum absolute atomic E-state index is 0.135. The van der Waals surface area contributed by atoms with Crippen LogP contribution in [0.25, 0.3) is 11.1 Å². The van der Waals surface area contributed by atoms with Gasteiger partial charge in [0.2, 0.25) is 5.96 Å². The second-order valence-electron chi connectivity index (χ2n) is 12.5. The zero-order chi connectivity index (χ0) is 34.8. The van der Waals surface area contributed by atoms with Crippen LogP contribution in [0.3, 0.4) is 0 Å². The zero-order valence-electron chi connectivity index (χ0n) is 27.6. The van der Waals surface area contributed by atoms with Gasteiger partial charge in [0.25, 0.3) is 11.8 Å². The van der Waals surface area contributed by atoms with Gasteiger partial charge in [-0.25, -0.2) is 14.6 Å². The fraction of sp³-hybridized carbons (Fsp3) is 0.314. The number of ether oxygens (including phenoxy) is 2. The zero-order valence-corrected chi connectivity index (χ0v) is 27.6. The van der Waals surface area contributed by atoms with Crippen LogP contribution in [0.2, 0.25) is 0 Å². The van der Waals surface area contributed by atoms with Crippen LogP contribution in [0.1, 0.15) is 79.5 Å². The standard InChI is InChI=1S/C35H41N5O7/c1-22(41)25-11-10-12-26(21-25)30(43)37-20-19-36-29(42)24-17-15-23(16-18-24)27-13-8-9-14-28(27)38-31(39-32(44)46-34(2,3)4)40-33(45)47-35(5,6)7/h8-18,21H,19-20H2,1-7H3,(H,36,42)(H,37,43)(H2,38,39,40,44,45). The number of amides is 4. The number of rotatable bonds is 8. The SMILES string of the molecule is CC(=O)c1cccc(C(=O)NCCNC(=O)c2ccc(-c3ccccc3N=C(NC(=O)OC(C)(C)C)NC(=O)OC(C)(C)C)cc2)c1. The van der Waals surface area contributed by atoms with Crippen molar-refractivity contribution in [3.63, 3.8) is 0 Å². The van der Waals surface area contributed by atoms with Crippen LogP contribution >= 0.6 is 0 Å². The number of hydrogen-bond donors (Lipinski definition) is 4. The van der Waals surface area contributed by atoms with E-state index in [2.05, 4.69) is 26.3 Å². The van der Waals surface area contributed by atoms with Gasteiger partial charge < -0.3 is 20.1 Å². The number of Topliss-reactive ketones (excluding diaryl/α,β-unsaturated/α-hetero) is 1. The van der Waals surface area contributed by atoms with E-state index in [9.17, 15) is 24.0 Å². The molecule has 248 valence electrons. The van der Waals surface area contributed by atoms with Gasteiger partial charge in [-0.1, -0.05) is 42.5 Å². The van der Waals surface area contributed by atoms with E-state index in [1.807, 2.05) is 6.07 Å². The van der Waals surface area contributed by atoms with Gasteiger partial charge in [-0.05, 0) is 84.4 Å². The first-order chi connectivity index (χ1) is 22.0. The lowest BCUT2D eigenvalue weighted by Gasteiger charge is -2.22. The van der Waals surface area contributed by atoms with Crippen LogP contribution in [-0.2, 0) is 9.47 Å². The van der Waals surface area contributed by atoms with Crippen molar-refractivity contribution in [2.24, 2.45) is 4.99 Å². The number of alkyl carbamates (subject to hydrolysis) is 2. The number of carbonyl (C=O) groups excluding carboxylic acids is 5. The average molecular weight is 644 g/mol. The molecule has 0 aliphatic carbocycles. The number of aliphatic imine (C=N–C) groups is 1. The van der Waals surface area contributed by atoms with Gasteiger partial charge in [-0.15, -0.1) is 0 Å². The molecule has 0 saturated heterocycles. The summed E-state index contributed by atoms with van der Waals surface area (Å²) in [6, 6.07) is 20.3. The number of nitrogens with zero attached hydrogens (tertiary/aromatic N) is 1. The lowest BCUT2D eigenvalue weighted by molar-refractivity contribution is 0.0544. The van der Waals surface area contributed by atoms with Gasteiger partial charge >= 0.3 is 12.2 Å². The highest BCUT2D eigenvalue weighted by molar-refractivity contribution is 6.03. The molecule has 3 aromatic carbocycles. The predicted octanol–water partition coefficient (Wildman–Crippen LogP) is 5.75. The Labute approximate surface area is 274 Å². The van der Waals surface area contributed by atoms with Crippen molar-refractivity contribution in [2.45, 2.75) is 59.7 Å². The molecule has 47 heavy (non-hydrogen) atoms. The Kier molecular flexibility index (Phi) is 12.0. The molecule has 0 spiro atoms. The summed E-state index contributed by atoms with van der Waals surface area (Å²) in [6.45, 7) is 12.1. The molecule has 12 nitrogen and oxygen atoms in total. The van der Waals surface area contributed by atoms with Crippen LogP contribution < -0.4 is 21.3 Å². The molecule has 0 radical (unpaired) electrons. The normalized spacial score (nSPS) is 11.0. The number of ketones is 1. The van der Waals surface area contributed by atoms with Crippen LogP contribution in [0, 0.1) is 0 Å². The summed E-state index contributed by atoms with van der Waals surface area (Å²) in [5, 5.41) is 10.4. The third-order valence-corrected chi connectivity index (χ3v) is 6.06. The summed E-state index contributed by atoms with van der Waals surface area (Å²) >= 11 is 0. The number of carbonyl (C=O) groups is 5. The van der Waals surface area contributed by atoms with Gasteiger partial charge in [0.1, 0.15) is 11.2 Å². The van der Waals surface area contributed by atoms with Crippen LogP contribution in [0.15, 0.2) is 77.8 Å². The van der Waals surface area contributed by atoms with E-state index >= 15 is 0 Å². The Morgan fingerprint density at radius 1 is 0.638 bits per heavy atom. The smallest absolute Gasteiger partial charge is 0.414 e. The molecule has 0 atom stereocenters. The van der Waals surface area contributed by atoms with Crippen LogP contribution in [0.4, 0.5) is 15.3 Å². The van der Waals surface area contributed by atoms with Crippen molar-refractivity contribution in [1.29, 1.82) is 0 Å². The maximum atomic E-state index is 12.8. The van der Waals surface area contributed by atoms with Crippen molar-refractivity contribution >= 4 is 41.4 Å². The lowest BCUT2D eigenvalue weighted by Crippen LogP contribution is -2.47. The van der Waals surface area contributed by atoms with Gasteiger partial charge in [0, 0.05) is 35.3 Å². The fourth-order valence-corrected chi connectivity index (χ4v) is 4.06. The van der Waals surface area contributed by atoms with Crippen molar-refractivity contribution in [2.75, 3.05) is 13.1 Å². The third-order valence-electron chi connectivity index (χ3n) is 6.06. The predicted molar refractivity (Wildman–Crippen MR) is 179 cm³/mol. The molecule has 4 N–H and O–H groups in total. The number of para-hydroxylation sites is 1. The molecule has 0 bridgehead atoms. The summed E-state index contributed by atoms with van der Waals surface area (Å²) in [5.74, 6) is -1.01. The van der Waals surface area contributed by atoms with Crippen LogP contribution in [0.5, 0.6) is 0 Å².